The SMILES string of the molecule is CCN(c1nnc(C(C)NC)o1)c1ccccc1F. The number of rotatable bonds is 5. The zero-order valence-corrected chi connectivity index (χ0v) is 11.2. The van der Waals surface area contributed by atoms with Crippen LogP contribution in [-0.4, -0.2) is 23.8 Å². The van der Waals surface area contributed by atoms with Crippen LogP contribution in [0.15, 0.2) is 28.7 Å². The quantitative estimate of drug-likeness (QED) is 0.899. The van der Waals surface area contributed by atoms with Gasteiger partial charge in [-0.2, -0.15) is 0 Å². The third-order valence-corrected chi connectivity index (χ3v) is 2.92. The van der Waals surface area contributed by atoms with E-state index in [2.05, 4.69) is 15.5 Å². The lowest BCUT2D eigenvalue weighted by Gasteiger charge is -2.18. The molecule has 0 aliphatic rings. The first-order valence-electron chi connectivity index (χ1n) is 6.20. The normalized spacial score (nSPS) is 12.4. The number of halogens is 1. The van der Waals surface area contributed by atoms with Crippen LogP contribution in [0, 0.1) is 5.82 Å². The molecule has 102 valence electrons. The monoisotopic (exact) mass is 264 g/mol. The highest BCUT2D eigenvalue weighted by Crippen LogP contribution is 2.27. The molecule has 0 bridgehead atoms. The topological polar surface area (TPSA) is 54.2 Å². The summed E-state index contributed by atoms with van der Waals surface area (Å²) in [7, 11) is 1.81. The van der Waals surface area contributed by atoms with Crippen molar-refractivity contribution in [2.24, 2.45) is 0 Å². The molecule has 0 spiro atoms. The molecule has 1 aromatic carbocycles. The van der Waals surface area contributed by atoms with Crippen LogP contribution in [-0.2, 0) is 0 Å². The average molecular weight is 264 g/mol. The third-order valence-electron chi connectivity index (χ3n) is 2.92. The Morgan fingerprint density at radius 3 is 2.74 bits per heavy atom. The molecule has 0 fully saturated rings. The van der Waals surface area contributed by atoms with Crippen molar-refractivity contribution in [1.29, 1.82) is 0 Å². The summed E-state index contributed by atoms with van der Waals surface area (Å²) >= 11 is 0. The van der Waals surface area contributed by atoms with Crippen molar-refractivity contribution in [3.8, 4) is 0 Å². The van der Waals surface area contributed by atoms with Gasteiger partial charge < -0.3 is 9.73 Å². The zero-order chi connectivity index (χ0) is 13.8. The van der Waals surface area contributed by atoms with Gasteiger partial charge in [-0.1, -0.05) is 17.2 Å². The molecule has 1 unspecified atom stereocenters. The minimum atomic E-state index is -0.314. The van der Waals surface area contributed by atoms with E-state index < -0.39 is 0 Å². The van der Waals surface area contributed by atoms with Crippen LogP contribution in [0.2, 0.25) is 0 Å². The number of anilines is 2. The van der Waals surface area contributed by atoms with E-state index in [4.69, 9.17) is 4.42 Å². The van der Waals surface area contributed by atoms with Gasteiger partial charge >= 0.3 is 6.01 Å². The van der Waals surface area contributed by atoms with Gasteiger partial charge in [0.25, 0.3) is 0 Å². The molecule has 0 radical (unpaired) electrons. The second kappa shape index (κ2) is 5.79. The summed E-state index contributed by atoms with van der Waals surface area (Å²) in [5, 5.41) is 11.0. The Morgan fingerprint density at radius 1 is 1.37 bits per heavy atom. The number of hydrogen-bond acceptors (Lipinski definition) is 5. The van der Waals surface area contributed by atoms with Gasteiger partial charge in [0.1, 0.15) is 5.82 Å². The number of hydrogen-bond donors (Lipinski definition) is 1. The second-order valence-electron chi connectivity index (χ2n) is 4.13. The zero-order valence-electron chi connectivity index (χ0n) is 11.2. The van der Waals surface area contributed by atoms with Crippen LogP contribution >= 0.6 is 0 Å². The maximum absolute atomic E-state index is 13.8. The Bertz CT molecular complexity index is 543. The van der Waals surface area contributed by atoms with Crippen LogP contribution in [0.4, 0.5) is 16.1 Å². The largest absolute Gasteiger partial charge is 0.406 e. The molecule has 0 aliphatic heterocycles. The predicted octanol–water partition coefficient (Wildman–Crippen LogP) is 2.65. The summed E-state index contributed by atoms with van der Waals surface area (Å²) in [6.07, 6.45) is 0. The van der Waals surface area contributed by atoms with Crippen molar-refractivity contribution >= 4 is 11.7 Å². The van der Waals surface area contributed by atoms with E-state index in [0.717, 1.165) is 0 Å². The maximum atomic E-state index is 13.8. The maximum Gasteiger partial charge on any atom is 0.322 e. The van der Waals surface area contributed by atoms with Crippen molar-refractivity contribution in [3.05, 3.63) is 36.0 Å². The Labute approximate surface area is 111 Å². The lowest BCUT2D eigenvalue weighted by molar-refractivity contribution is 0.435. The van der Waals surface area contributed by atoms with Gasteiger partial charge in [-0.3, -0.25) is 4.90 Å². The predicted molar refractivity (Wildman–Crippen MR) is 70.9 cm³/mol. The number of para-hydroxylation sites is 1. The molecule has 1 N–H and O–H groups in total. The number of nitrogens with one attached hydrogen (secondary N) is 1. The molecule has 5 nitrogen and oxygen atoms in total. The summed E-state index contributed by atoms with van der Waals surface area (Å²) in [5.74, 6) is 0.165. The molecule has 0 aliphatic carbocycles. The van der Waals surface area contributed by atoms with E-state index in [1.165, 1.54) is 6.07 Å². The molecular formula is C13H17FN4O. The van der Waals surface area contributed by atoms with Gasteiger partial charge in [0, 0.05) is 6.54 Å². The van der Waals surface area contributed by atoms with E-state index in [0.29, 0.717) is 24.1 Å². The van der Waals surface area contributed by atoms with E-state index in [1.54, 1.807) is 23.1 Å². The lowest BCUT2D eigenvalue weighted by Crippen LogP contribution is -2.17. The van der Waals surface area contributed by atoms with Crippen molar-refractivity contribution in [1.82, 2.24) is 15.5 Å². The van der Waals surface area contributed by atoms with Crippen LogP contribution in [0.5, 0.6) is 0 Å². The molecular weight excluding hydrogens is 247 g/mol. The van der Waals surface area contributed by atoms with Gasteiger partial charge in [-0.05, 0) is 33.0 Å². The summed E-state index contributed by atoms with van der Waals surface area (Å²) in [6.45, 7) is 4.35. The Balaban J connectivity index is 2.32. The smallest absolute Gasteiger partial charge is 0.322 e. The number of nitrogens with zero attached hydrogens (tertiary/aromatic N) is 3. The molecule has 0 amide bonds. The van der Waals surface area contributed by atoms with Crippen LogP contribution < -0.4 is 10.2 Å². The molecule has 6 heteroatoms. The fourth-order valence-electron chi connectivity index (χ4n) is 1.71. The third kappa shape index (κ3) is 2.73. The van der Waals surface area contributed by atoms with Gasteiger partial charge in [0.2, 0.25) is 5.89 Å². The molecule has 0 saturated carbocycles. The fraction of sp³-hybridized carbons (Fsp3) is 0.385. The van der Waals surface area contributed by atoms with Crippen LogP contribution in [0.25, 0.3) is 0 Å². The van der Waals surface area contributed by atoms with E-state index in [9.17, 15) is 4.39 Å². The average Bonchev–Trinajstić information content (AvgIpc) is 2.90. The summed E-state index contributed by atoms with van der Waals surface area (Å²) in [6, 6.07) is 6.77. The van der Waals surface area contributed by atoms with Crippen molar-refractivity contribution < 1.29 is 8.81 Å². The molecule has 1 aromatic heterocycles. The van der Waals surface area contributed by atoms with E-state index in [-0.39, 0.29) is 11.9 Å². The highest BCUT2D eigenvalue weighted by atomic mass is 19.1. The number of benzene rings is 1. The molecule has 1 heterocycles. The highest BCUT2D eigenvalue weighted by Gasteiger charge is 2.19. The molecule has 19 heavy (non-hydrogen) atoms. The summed E-state index contributed by atoms with van der Waals surface area (Å²) < 4.78 is 19.4. The number of aromatic nitrogens is 2. The van der Waals surface area contributed by atoms with Gasteiger partial charge in [0.15, 0.2) is 0 Å². The lowest BCUT2D eigenvalue weighted by atomic mass is 10.3. The minimum Gasteiger partial charge on any atom is -0.406 e. The second-order valence-corrected chi connectivity index (χ2v) is 4.13. The van der Waals surface area contributed by atoms with Crippen molar-refractivity contribution in [3.63, 3.8) is 0 Å². The van der Waals surface area contributed by atoms with Crippen LogP contribution in [0.1, 0.15) is 25.8 Å². The molecule has 2 aromatic rings. The van der Waals surface area contributed by atoms with Crippen LogP contribution in [0.3, 0.4) is 0 Å². The summed E-state index contributed by atoms with van der Waals surface area (Å²) in [5.41, 5.74) is 0.428. The Kier molecular flexibility index (Phi) is 4.11. The molecule has 0 saturated heterocycles. The van der Waals surface area contributed by atoms with Crippen molar-refractivity contribution in [2.75, 3.05) is 18.5 Å². The first kappa shape index (κ1) is 13.5. The Hall–Kier alpha value is -1.95. The standard InChI is InChI=1S/C13H17FN4O/c1-4-18(11-8-6-5-7-10(11)14)13-17-16-12(19-13)9(2)15-3/h5-9,15H,4H2,1-3H3. The molecule has 2 rings (SSSR count). The van der Waals surface area contributed by atoms with Gasteiger partial charge in [0.05, 0.1) is 11.7 Å². The first-order chi connectivity index (χ1) is 9.17. The van der Waals surface area contributed by atoms with Gasteiger partial charge in [-0.15, -0.1) is 5.10 Å². The Morgan fingerprint density at radius 2 is 2.11 bits per heavy atom. The minimum absolute atomic E-state index is 0.0411. The molecule has 1 atom stereocenters. The summed E-state index contributed by atoms with van der Waals surface area (Å²) in [4.78, 5) is 1.65. The van der Waals surface area contributed by atoms with Gasteiger partial charge in [-0.25, -0.2) is 4.39 Å². The van der Waals surface area contributed by atoms with Crippen molar-refractivity contribution in [2.45, 2.75) is 19.9 Å². The van der Waals surface area contributed by atoms with E-state index >= 15 is 0 Å². The highest BCUT2D eigenvalue weighted by molar-refractivity contribution is 5.56. The van der Waals surface area contributed by atoms with E-state index in [1.807, 2.05) is 20.9 Å². The first-order valence-corrected chi connectivity index (χ1v) is 6.20. The fourth-order valence-corrected chi connectivity index (χ4v) is 1.71.